The third-order valence-electron chi connectivity index (χ3n) is 2.81. The summed E-state index contributed by atoms with van der Waals surface area (Å²) in [5.41, 5.74) is 0.311. The molecule has 0 atom stereocenters. The van der Waals surface area contributed by atoms with E-state index in [1.165, 1.54) is 18.5 Å². The first-order valence-electron chi connectivity index (χ1n) is 6.91. The number of halogens is 1. The molecule has 2 aromatic rings. The van der Waals surface area contributed by atoms with Crippen molar-refractivity contribution in [1.29, 1.82) is 0 Å². The molecule has 0 saturated heterocycles. The van der Waals surface area contributed by atoms with Crippen molar-refractivity contribution in [3.05, 3.63) is 40.8 Å². The minimum absolute atomic E-state index is 0.127. The number of carbonyl (C=O) groups is 2. The van der Waals surface area contributed by atoms with Crippen LogP contribution >= 0.6 is 15.9 Å². The monoisotopic (exact) mass is 380 g/mol. The number of amides is 2. The van der Waals surface area contributed by atoms with Gasteiger partial charge in [-0.1, -0.05) is 20.8 Å². The minimum Gasteiger partial charge on any atom is -0.444 e. The summed E-state index contributed by atoms with van der Waals surface area (Å²) >= 11 is 3.10. The van der Waals surface area contributed by atoms with E-state index >= 15 is 0 Å². The number of carbonyl (C=O) groups excluding carboxylic acids is 2. The molecular formula is C15H17BrN4O3. The Morgan fingerprint density at radius 1 is 1.22 bits per heavy atom. The first-order valence-corrected chi connectivity index (χ1v) is 7.71. The highest BCUT2D eigenvalue weighted by molar-refractivity contribution is 9.10. The van der Waals surface area contributed by atoms with Gasteiger partial charge in [-0.25, -0.2) is 9.97 Å². The quantitative estimate of drug-likeness (QED) is 0.848. The van der Waals surface area contributed by atoms with E-state index in [2.05, 4.69) is 36.5 Å². The number of nitrogens with zero attached hydrogens (tertiary/aromatic N) is 2. The topological polar surface area (TPSA) is 97.1 Å². The molecule has 0 aliphatic rings. The Morgan fingerprint density at radius 3 is 2.39 bits per heavy atom. The SMILES string of the molecule is CC(C)(C)c1ncc(NC(=O)CNC(=O)c2ccc(Br)o2)cn1. The van der Waals surface area contributed by atoms with E-state index in [4.69, 9.17) is 4.42 Å². The number of nitrogens with one attached hydrogen (secondary N) is 2. The predicted octanol–water partition coefficient (Wildman–Crippen LogP) is 2.50. The highest BCUT2D eigenvalue weighted by atomic mass is 79.9. The summed E-state index contributed by atoms with van der Waals surface area (Å²) in [5.74, 6) is -0.0315. The first kappa shape index (κ1) is 17.1. The number of hydrogen-bond donors (Lipinski definition) is 2. The van der Waals surface area contributed by atoms with Gasteiger partial charge in [0.1, 0.15) is 5.82 Å². The Kier molecular flexibility index (Phi) is 5.15. The standard InChI is InChI=1S/C15H17BrN4O3/c1-15(2,3)14-18-6-9(7-19-14)20-12(21)8-17-13(22)10-4-5-11(16)23-10/h4-7H,8H2,1-3H3,(H,17,22)(H,20,21). The molecule has 8 heteroatoms. The van der Waals surface area contributed by atoms with Crippen molar-refractivity contribution in [3.63, 3.8) is 0 Å². The van der Waals surface area contributed by atoms with Crippen LogP contribution in [0.5, 0.6) is 0 Å². The van der Waals surface area contributed by atoms with Gasteiger partial charge in [-0.3, -0.25) is 9.59 Å². The number of aromatic nitrogens is 2. The summed E-state index contributed by atoms with van der Waals surface area (Å²) in [6.07, 6.45) is 3.08. The Hall–Kier alpha value is -2.22. The minimum atomic E-state index is -0.467. The average molecular weight is 381 g/mol. The van der Waals surface area contributed by atoms with Crippen LogP contribution in [0.25, 0.3) is 0 Å². The van der Waals surface area contributed by atoms with Gasteiger partial charge in [-0.2, -0.15) is 0 Å². The summed E-state index contributed by atoms with van der Waals surface area (Å²) in [5, 5.41) is 5.08. The normalized spacial score (nSPS) is 11.1. The van der Waals surface area contributed by atoms with Crippen LogP contribution in [0.4, 0.5) is 5.69 Å². The summed E-state index contributed by atoms with van der Waals surface area (Å²) in [6.45, 7) is 5.83. The van der Waals surface area contributed by atoms with Crippen molar-refractivity contribution >= 4 is 33.4 Å². The Morgan fingerprint density at radius 2 is 1.87 bits per heavy atom. The van der Waals surface area contributed by atoms with E-state index in [9.17, 15) is 9.59 Å². The van der Waals surface area contributed by atoms with Crippen LogP contribution in [-0.4, -0.2) is 28.3 Å². The van der Waals surface area contributed by atoms with Gasteiger partial charge in [-0.15, -0.1) is 0 Å². The predicted molar refractivity (Wildman–Crippen MR) is 88.1 cm³/mol. The van der Waals surface area contributed by atoms with E-state index < -0.39 is 5.91 Å². The Balaban J connectivity index is 1.86. The maximum absolute atomic E-state index is 11.8. The van der Waals surface area contributed by atoms with E-state index in [0.29, 0.717) is 16.2 Å². The zero-order chi connectivity index (χ0) is 17.0. The lowest BCUT2D eigenvalue weighted by Gasteiger charge is -2.16. The van der Waals surface area contributed by atoms with Gasteiger partial charge in [0.25, 0.3) is 5.91 Å². The molecule has 0 bridgehead atoms. The van der Waals surface area contributed by atoms with Crippen molar-refractivity contribution in [2.24, 2.45) is 0 Å². The zero-order valence-electron chi connectivity index (χ0n) is 13.0. The van der Waals surface area contributed by atoms with Crippen molar-refractivity contribution in [1.82, 2.24) is 15.3 Å². The molecule has 2 heterocycles. The molecule has 0 aromatic carbocycles. The summed E-state index contributed by atoms with van der Waals surface area (Å²) in [7, 11) is 0. The summed E-state index contributed by atoms with van der Waals surface area (Å²) in [6, 6.07) is 3.11. The molecular weight excluding hydrogens is 364 g/mol. The second-order valence-electron chi connectivity index (χ2n) is 5.88. The van der Waals surface area contributed by atoms with Gasteiger partial charge in [0.15, 0.2) is 10.4 Å². The van der Waals surface area contributed by atoms with Crippen LogP contribution in [-0.2, 0) is 10.2 Å². The fourth-order valence-electron chi connectivity index (χ4n) is 1.67. The molecule has 7 nitrogen and oxygen atoms in total. The van der Waals surface area contributed by atoms with Crippen LogP contribution in [0.3, 0.4) is 0 Å². The molecule has 0 radical (unpaired) electrons. The van der Waals surface area contributed by atoms with E-state index in [0.717, 1.165) is 0 Å². The van der Waals surface area contributed by atoms with Gasteiger partial charge >= 0.3 is 0 Å². The molecule has 2 rings (SSSR count). The Bertz CT molecular complexity index is 704. The fourth-order valence-corrected chi connectivity index (χ4v) is 1.98. The molecule has 0 aliphatic carbocycles. The lowest BCUT2D eigenvalue weighted by molar-refractivity contribution is -0.115. The maximum atomic E-state index is 11.8. The number of anilines is 1. The van der Waals surface area contributed by atoms with Crippen molar-refractivity contribution in [2.45, 2.75) is 26.2 Å². The third kappa shape index (κ3) is 4.88. The van der Waals surface area contributed by atoms with Gasteiger partial charge in [0.05, 0.1) is 24.6 Å². The number of hydrogen-bond acceptors (Lipinski definition) is 5. The lowest BCUT2D eigenvalue weighted by atomic mass is 9.96. The number of furan rings is 1. The van der Waals surface area contributed by atoms with Gasteiger partial charge < -0.3 is 15.1 Å². The molecule has 23 heavy (non-hydrogen) atoms. The smallest absolute Gasteiger partial charge is 0.287 e. The maximum Gasteiger partial charge on any atom is 0.287 e. The van der Waals surface area contributed by atoms with Crippen LogP contribution in [0.15, 0.2) is 33.6 Å². The highest BCUT2D eigenvalue weighted by Crippen LogP contribution is 2.18. The molecule has 2 aromatic heterocycles. The van der Waals surface area contributed by atoms with E-state index in [1.54, 1.807) is 6.07 Å². The van der Waals surface area contributed by atoms with Gasteiger partial charge in [0, 0.05) is 5.41 Å². The average Bonchev–Trinajstić information content (AvgIpc) is 2.91. The molecule has 2 N–H and O–H groups in total. The Labute approximate surface area is 142 Å². The summed E-state index contributed by atoms with van der Waals surface area (Å²) in [4.78, 5) is 32.0. The lowest BCUT2D eigenvalue weighted by Crippen LogP contribution is -2.32. The van der Waals surface area contributed by atoms with Crippen LogP contribution in [0.1, 0.15) is 37.2 Å². The molecule has 2 amide bonds. The zero-order valence-corrected chi connectivity index (χ0v) is 14.6. The molecule has 0 fully saturated rings. The van der Waals surface area contributed by atoms with E-state index in [1.807, 2.05) is 20.8 Å². The molecule has 0 aliphatic heterocycles. The van der Waals surface area contributed by atoms with Gasteiger partial charge in [0.2, 0.25) is 5.91 Å². The van der Waals surface area contributed by atoms with E-state index in [-0.39, 0.29) is 23.6 Å². The molecule has 0 saturated carbocycles. The van der Waals surface area contributed by atoms with Crippen LogP contribution < -0.4 is 10.6 Å². The fraction of sp³-hybridized carbons (Fsp3) is 0.333. The molecule has 0 unspecified atom stereocenters. The summed E-state index contributed by atoms with van der Waals surface area (Å²) < 4.78 is 5.54. The van der Waals surface area contributed by atoms with Crippen LogP contribution in [0, 0.1) is 0 Å². The first-order chi connectivity index (χ1) is 10.8. The molecule has 0 spiro atoms. The second kappa shape index (κ2) is 6.91. The highest BCUT2D eigenvalue weighted by Gasteiger charge is 2.17. The molecule has 122 valence electrons. The largest absolute Gasteiger partial charge is 0.444 e. The van der Waals surface area contributed by atoms with Crippen LogP contribution in [0.2, 0.25) is 0 Å². The number of rotatable bonds is 4. The third-order valence-corrected chi connectivity index (χ3v) is 3.24. The van der Waals surface area contributed by atoms with Gasteiger partial charge in [-0.05, 0) is 28.1 Å². The van der Waals surface area contributed by atoms with Crippen molar-refractivity contribution < 1.29 is 14.0 Å². The van der Waals surface area contributed by atoms with Crippen molar-refractivity contribution in [3.8, 4) is 0 Å². The second-order valence-corrected chi connectivity index (χ2v) is 6.66. The van der Waals surface area contributed by atoms with Crippen molar-refractivity contribution in [2.75, 3.05) is 11.9 Å².